The molecule has 1 heterocycles. The van der Waals surface area contributed by atoms with E-state index in [1.807, 2.05) is 49.4 Å². The molecular weight excluding hydrogens is 362 g/mol. The number of hydrogen-bond donors (Lipinski definition) is 4. The van der Waals surface area contributed by atoms with Gasteiger partial charge in [0.05, 0.1) is 0 Å². The average Bonchev–Trinajstić information content (AvgIpc) is 2.68. The van der Waals surface area contributed by atoms with Crippen LogP contribution in [-0.2, 0) is 32.1 Å². The predicted molar refractivity (Wildman–Crippen MR) is 102 cm³/mol. The van der Waals surface area contributed by atoms with E-state index in [2.05, 4.69) is 27.1 Å². The summed E-state index contributed by atoms with van der Waals surface area (Å²) in [4.78, 5) is 46.4. The normalized spacial score (nSPS) is 9.46. The summed E-state index contributed by atoms with van der Waals surface area (Å²) in [7, 11) is 0. The number of nitrogens with two attached hydrogens (primary N) is 2. The van der Waals surface area contributed by atoms with E-state index < -0.39 is 23.6 Å². The number of amides is 4. The Bertz CT molecular complexity index is 795. The van der Waals surface area contributed by atoms with Crippen molar-refractivity contribution in [2.24, 2.45) is 11.5 Å². The van der Waals surface area contributed by atoms with Crippen LogP contribution < -0.4 is 22.1 Å². The van der Waals surface area contributed by atoms with Gasteiger partial charge in [0.15, 0.2) is 0 Å². The topological polar surface area (TPSA) is 157 Å². The molecule has 0 bridgehead atoms. The van der Waals surface area contributed by atoms with E-state index in [0.29, 0.717) is 19.5 Å². The standard InChI is InChI=1S/C17H19N3O2.C2H4N2O2/c1-13-5-7-14(8-6-13)12-20-17(22)16(21)19-11-9-15-4-2-3-10-18-15;3-1(5)2(4)6/h2-8,10H,9,11-12H2,1H3,(H,19,21)(H,20,22);(H2,3,5)(H2,4,6). The molecule has 0 unspecified atom stereocenters. The Morgan fingerprint density at radius 2 is 1.50 bits per heavy atom. The molecule has 2 aromatic rings. The lowest BCUT2D eigenvalue weighted by Crippen LogP contribution is -2.40. The smallest absolute Gasteiger partial charge is 0.309 e. The molecule has 0 fully saturated rings. The number of rotatable bonds is 5. The second-order valence-electron chi connectivity index (χ2n) is 5.72. The number of nitrogens with one attached hydrogen (secondary N) is 2. The van der Waals surface area contributed by atoms with Crippen LogP contribution in [-0.4, -0.2) is 35.2 Å². The number of pyridine rings is 1. The largest absolute Gasteiger partial charge is 0.361 e. The number of aromatic nitrogens is 1. The first-order chi connectivity index (χ1) is 13.3. The van der Waals surface area contributed by atoms with Crippen LogP contribution in [0.5, 0.6) is 0 Å². The second kappa shape index (κ2) is 11.8. The highest BCUT2D eigenvalue weighted by molar-refractivity contribution is 6.35. The minimum absolute atomic E-state index is 0.340. The minimum Gasteiger partial charge on any atom is -0.361 e. The maximum Gasteiger partial charge on any atom is 0.309 e. The molecule has 0 saturated carbocycles. The van der Waals surface area contributed by atoms with Crippen molar-refractivity contribution < 1.29 is 19.2 Å². The first-order valence-corrected chi connectivity index (χ1v) is 8.40. The van der Waals surface area contributed by atoms with E-state index >= 15 is 0 Å². The van der Waals surface area contributed by atoms with Crippen LogP contribution in [0.1, 0.15) is 16.8 Å². The maximum absolute atomic E-state index is 11.7. The van der Waals surface area contributed by atoms with Crippen molar-refractivity contribution in [1.29, 1.82) is 0 Å². The molecule has 28 heavy (non-hydrogen) atoms. The van der Waals surface area contributed by atoms with Crippen LogP contribution in [0.2, 0.25) is 0 Å². The molecule has 0 aliphatic heterocycles. The molecule has 0 aliphatic rings. The van der Waals surface area contributed by atoms with E-state index in [-0.39, 0.29) is 0 Å². The molecule has 4 amide bonds. The number of primary amides is 2. The van der Waals surface area contributed by atoms with Crippen molar-refractivity contribution in [2.45, 2.75) is 19.9 Å². The molecule has 6 N–H and O–H groups in total. The van der Waals surface area contributed by atoms with Crippen LogP contribution in [0.25, 0.3) is 0 Å². The van der Waals surface area contributed by atoms with Gasteiger partial charge in [0, 0.05) is 31.4 Å². The summed E-state index contributed by atoms with van der Waals surface area (Å²) in [5.74, 6) is -3.45. The molecule has 9 nitrogen and oxygen atoms in total. The Labute approximate surface area is 162 Å². The molecule has 2 rings (SSSR count). The van der Waals surface area contributed by atoms with Gasteiger partial charge >= 0.3 is 23.6 Å². The lowest BCUT2D eigenvalue weighted by molar-refractivity contribution is -0.139. The van der Waals surface area contributed by atoms with Crippen molar-refractivity contribution in [1.82, 2.24) is 15.6 Å². The van der Waals surface area contributed by atoms with Crippen LogP contribution in [0, 0.1) is 6.92 Å². The second-order valence-corrected chi connectivity index (χ2v) is 5.72. The third-order valence-corrected chi connectivity index (χ3v) is 3.42. The summed E-state index contributed by atoms with van der Waals surface area (Å²) in [6, 6.07) is 13.4. The third-order valence-electron chi connectivity index (χ3n) is 3.42. The minimum atomic E-state index is -1.10. The molecule has 0 radical (unpaired) electrons. The maximum atomic E-state index is 11.7. The van der Waals surface area contributed by atoms with Gasteiger partial charge < -0.3 is 22.1 Å². The van der Waals surface area contributed by atoms with E-state index in [4.69, 9.17) is 0 Å². The molecule has 0 spiro atoms. The number of hydrogen-bond acceptors (Lipinski definition) is 5. The number of carbonyl (C=O) groups is 4. The lowest BCUT2D eigenvalue weighted by Gasteiger charge is -2.07. The van der Waals surface area contributed by atoms with Gasteiger partial charge in [0.2, 0.25) is 0 Å². The molecule has 1 aromatic carbocycles. The Morgan fingerprint density at radius 1 is 0.893 bits per heavy atom. The lowest BCUT2D eigenvalue weighted by atomic mass is 10.1. The van der Waals surface area contributed by atoms with Gasteiger partial charge in [-0.2, -0.15) is 0 Å². The van der Waals surface area contributed by atoms with E-state index in [9.17, 15) is 19.2 Å². The highest BCUT2D eigenvalue weighted by atomic mass is 16.2. The fourth-order valence-corrected chi connectivity index (χ4v) is 1.90. The molecule has 9 heteroatoms. The molecule has 0 aliphatic carbocycles. The van der Waals surface area contributed by atoms with E-state index in [1.54, 1.807) is 6.20 Å². The number of benzene rings is 1. The van der Waals surface area contributed by atoms with Gasteiger partial charge in [0.1, 0.15) is 0 Å². The van der Waals surface area contributed by atoms with Crippen LogP contribution in [0.3, 0.4) is 0 Å². The van der Waals surface area contributed by atoms with Crippen molar-refractivity contribution >= 4 is 23.6 Å². The fourth-order valence-electron chi connectivity index (χ4n) is 1.90. The quantitative estimate of drug-likeness (QED) is 0.502. The zero-order valence-electron chi connectivity index (χ0n) is 15.5. The van der Waals surface area contributed by atoms with E-state index in [0.717, 1.165) is 16.8 Å². The summed E-state index contributed by atoms with van der Waals surface area (Å²) < 4.78 is 0. The molecular formula is C19H23N5O4. The van der Waals surface area contributed by atoms with Gasteiger partial charge in [0.25, 0.3) is 0 Å². The first kappa shape index (κ1) is 22.3. The Kier molecular flexibility index (Phi) is 9.38. The van der Waals surface area contributed by atoms with Gasteiger partial charge in [-0.15, -0.1) is 0 Å². The summed E-state index contributed by atoms with van der Waals surface area (Å²) in [5, 5.41) is 5.19. The number of nitrogens with zero attached hydrogens (tertiary/aromatic N) is 1. The Morgan fingerprint density at radius 3 is 2.04 bits per heavy atom. The number of aryl methyl sites for hydroxylation is 1. The van der Waals surface area contributed by atoms with Gasteiger partial charge in [-0.05, 0) is 24.6 Å². The van der Waals surface area contributed by atoms with Crippen molar-refractivity contribution in [3.63, 3.8) is 0 Å². The zero-order valence-corrected chi connectivity index (χ0v) is 15.5. The molecule has 1 aromatic heterocycles. The van der Waals surface area contributed by atoms with Crippen molar-refractivity contribution in [3.8, 4) is 0 Å². The SMILES string of the molecule is Cc1ccc(CNC(=O)C(=O)NCCc2ccccn2)cc1.NC(=O)C(N)=O. The van der Waals surface area contributed by atoms with Crippen LogP contribution in [0.4, 0.5) is 0 Å². The Hall–Kier alpha value is -3.75. The third kappa shape index (κ3) is 9.09. The zero-order chi connectivity index (χ0) is 20.9. The van der Waals surface area contributed by atoms with Crippen LogP contribution in [0.15, 0.2) is 48.7 Å². The van der Waals surface area contributed by atoms with Gasteiger partial charge in [-0.3, -0.25) is 24.2 Å². The summed E-state index contributed by atoms with van der Waals surface area (Å²) in [6.07, 6.45) is 2.29. The summed E-state index contributed by atoms with van der Waals surface area (Å²) in [6.45, 7) is 2.72. The van der Waals surface area contributed by atoms with Crippen molar-refractivity contribution in [2.75, 3.05) is 6.54 Å². The van der Waals surface area contributed by atoms with Crippen molar-refractivity contribution in [3.05, 3.63) is 65.5 Å². The first-order valence-electron chi connectivity index (χ1n) is 8.40. The van der Waals surface area contributed by atoms with Crippen LogP contribution >= 0.6 is 0 Å². The summed E-state index contributed by atoms with van der Waals surface area (Å²) in [5.41, 5.74) is 11.6. The highest BCUT2D eigenvalue weighted by Gasteiger charge is 2.12. The van der Waals surface area contributed by atoms with Gasteiger partial charge in [-0.1, -0.05) is 35.9 Å². The Balaban J connectivity index is 0.000000568. The predicted octanol–water partition coefficient (Wildman–Crippen LogP) is -0.678. The van der Waals surface area contributed by atoms with Gasteiger partial charge in [-0.25, -0.2) is 0 Å². The summed E-state index contributed by atoms with van der Waals surface area (Å²) >= 11 is 0. The highest BCUT2D eigenvalue weighted by Crippen LogP contribution is 2.02. The molecule has 0 saturated heterocycles. The molecule has 0 atom stereocenters. The number of carbonyl (C=O) groups excluding carboxylic acids is 4. The molecule has 148 valence electrons. The fraction of sp³-hybridized carbons (Fsp3) is 0.211. The van der Waals surface area contributed by atoms with E-state index in [1.165, 1.54) is 0 Å². The average molecular weight is 385 g/mol. The monoisotopic (exact) mass is 385 g/mol.